The van der Waals surface area contributed by atoms with Gasteiger partial charge in [-0.05, 0) is 71.2 Å². The smallest absolute Gasteiger partial charge is 0.410 e. The largest absolute Gasteiger partial charge is 0.452 e. The van der Waals surface area contributed by atoms with Crippen molar-refractivity contribution in [1.29, 1.82) is 0 Å². The molecule has 0 spiro atoms. The number of ether oxygens (including phenoxy) is 11. The Balaban J connectivity index is 1.06. The number of hydrogen-bond acceptors (Lipinski definition) is 16. The van der Waals surface area contributed by atoms with E-state index in [4.69, 9.17) is 56.5 Å². The molecule has 3 saturated heterocycles. The predicted molar refractivity (Wildman–Crippen MR) is 327 cm³/mol. The van der Waals surface area contributed by atoms with Gasteiger partial charge < -0.3 is 61.4 Å². The third-order valence-corrected chi connectivity index (χ3v) is 20.4. The van der Waals surface area contributed by atoms with Crippen LogP contribution in [-0.2, 0) is 76.3 Å². The maximum atomic E-state index is 14.8. The van der Waals surface area contributed by atoms with E-state index < -0.39 is 100 Å². The lowest BCUT2D eigenvalue weighted by Crippen LogP contribution is -2.69. The highest BCUT2D eigenvalue weighted by molar-refractivity contribution is 6.74. The fraction of sp³-hybridized carbons (Fsp3) is 0.343. The van der Waals surface area contributed by atoms with E-state index in [0.717, 1.165) is 22.3 Å². The number of fused-ring (bicyclic) bond motifs is 1. The van der Waals surface area contributed by atoms with Crippen molar-refractivity contribution in [2.24, 2.45) is 0 Å². The molecule has 7 aromatic rings. The molecule has 3 aliphatic heterocycles. The third-order valence-electron chi connectivity index (χ3n) is 15.9. The van der Waals surface area contributed by atoms with Crippen molar-refractivity contribution in [3.05, 3.63) is 251 Å². The van der Waals surface area contributed by atoms with E-state index in [1.54, 1.807) is 91.0 Å². The molecule has 3 fully saturated rings. The van der Waals surface area contributed by atoms with Crippen LogP contribution in [0.3, 0.4) is 0 Å². The van der Waals surface area contributed by atoms with Crippen LogP contribution in [0, 0.1) is 0 Å². The molecule has 0 N–H and O–H groups in total. The molecule has 10 rings (SSSR count). The average molecular weight is 1210 g/mol. The molecule has 460 valence electrons. The summed E-state index contributed by atoms with van der Waals surface area (Å²) in [6, 6.07) is 62.9. The van der Waals surface area contributed by atoms with Crippen molar-refractivity contribution >= 4 is 32.3 Å². The molecule has 11 atom stereocenters. The van der Waals surface area contributed by atoms with Gasteiger partial charge in [-0.2, -0.15) is 0 Å². The van der Waals surface area contributed by atoms with Crippen LogP contribution in [-0.4, -0.2) is 125 Å². The third kappa shape index (κ3) is 16.4. The summed E-state index contributed by atoms with van der Waals surface area (Å²) in [6.45, 7) is 10.3. The van der Waals surface area contributed by atoms with Crippen LogP contribution in [0.2, 0.25) is 18.1 Å². The van der Waals surface area contributed by atoms with Crippen LogP contribution in [0.1, 0.15) is 80.4 Å². The summed E-state index contributed by atoms with van der Waals surface area (Å²) in [5.41, 5.74) is 3.80. The fourth-order valence-electron chi connectivity index (χ4n) is 10.2. The summed E-state index contributed by atoms with van der Waals surface area (Å²) in [5.74, 6) is -2.33. The first-order valence-corrected chi connectivity index (χ1v) is 32.6. The van der Waals surface area contributed by atoms with Crippen molar-refractivity contribution in [2.75, 3.05) is 26.4 Å². The van der Waals surface area contributed by atoms with Gasteiger partial charge in [-0.3, -0.25) is 0 Å². The Morgan fingerprint density at radius 3 is 1.51 bits per heavy atom. The van der Waals surface area contributed by atoms with Crippen LogP contribution in [0.4, 0.5) is 4.79 Å². The minimum atomic E-state index is -2.85. The highest BCUT2D eigenvalue weighted by Gasteiger charge is 2.59. The topological polar surface area (TPSA) is 182 Å². The van der Waals surface area contributed by atoms with Gasteiger partial charge in [0.2, 0.25) is 0 Å². The van der Waals surface area contributed by atoms with Crippen molar-refractivity contribution in [1.82, 2.24) is 4.90 Å². The fourth-order valence-corrected chi connectivity index (χ4v) is 11.5. The summed E-state index contributed by atoms with van der Waals surface area (Å²) in [6.07, 6.45) is -14.7. The summed E-state index contributed by atoms with van der Waals surface area (Å²) in [4.78, 5) is 59.8. The van der Waals surface area contributed by atoms with E-state index >= 15 is 0 Å². The van der Waals surface area contributed by atoms with Crippen LogP contribution < -0.4 is 0 Å². The molecule has 88 heavy (non-hydrogen) atoms. The van der Waals surface area contributed by atoms with Gasteiger partial charge in [0.15, 0.2) is 45.5 Å². The van der Waals surface area contributed by atoms with Crippen molar-refractivity contribution in [2.45, 2.75) is 126 Å². The van der Waals surface area contributed by atoms with E-state index in [2.05, 4.69) is 33.9 Å². The van der Waals surface area contributed by atoms with Gasteiger partial charge >= 0.3 is 24.0 Å². The van der Waals surface area contributed by atoms with E-state index in [1.165, 1.54) is 4.90 Å². The first-order valence-electron chi connectivity index (χ1n) is 29.6. The molecule has 0 radical (unpaired) electrons. The van der Waals surface area contributed by atoms with Gasteiger partial charge in [-0.15, -0.1) is 0 Å². The highest BCUT2D eigenvalue weighted by Crippen LogP contribution is 2.44. The van der Waals surface area contributed by atoms with E-state index in [1.807, 2.05) is 121 Å². The van der Waals surface area contributed by atoms with Gasteiger partial charge in [0, 0.05) is 18.7 Å². The molecule has 18 heteroatoms. The number of hydrogen-bond donors (Lipinski definition) is 0. The molecule has 0 unspecified atom stereocenters. The van der Waals surface area contributed by atoms with Crippen molar-refractivity contribution in [3.8, 4) is 0 Å². The standard InChI is InChI=1S/C70H75NO16Si/c1-70(2,3)88(4,5)87-60-58-56(47-78-66(85-58)54-39-25-12-26-40-54)81-68(62(60)84-65(74)53-37-23-11-24-38-53)86-57-55(46-76-44-49-29-15-7-16-30-49)80-67(61(83-64(73)52-35-21-10-22-36-52)59(57)82-63(72)51-33-19-9-20-34-51)77-42-41-71(43-48-27-13-6-14-28-48)69(75)79-45-50-31-17-8-18-32-50/h6-40,55-62,66-68H,41-47H2,1-5H3/t55-,56-,57-,58-,59+,60+,61-,62-,66-,67-,68+/m1/s1. The molecule has 3 heterocycles. The summed E-state index contributed by atoms with van der Waals surface area (Å²) in [7, 11) is -2.85. The Bertz CT molecular complexity index is 3310. The van der Waals surface area contributed by atoms with E-state index in [0.29, 0.717) is 0 Å². The number of benzene rings is 7. The summed E-state index contributed by atoms with van der Waals surface area (Å²) in [5, 5.41) is -0.365. The molecule has 1 amide bonds. The van der Waals surface area contributed by atoms with Gasteiger partial charge in [0.1, 0.15) is 37.1 Å². The van der Waals surface area contributed by atoms with E-state index in [9.17, 15) is 19.2 Å². The second-order valence-corrected chi connectivity index (χ2v) is 28.0. The first-order chi connectivity index (χ1) is 42.7. The number of rotatable bonds is 23. The van der Waals surface area contributed by atoms with Gasteiger partial charge in [0.25, 0.3) is 0 Å². The summed E-state index contributed by atoms with van der Waals surface area (Å²) >= 11 is 0. The minimum Gasteiger partial charge on any atom is -0.452 e. The molecule has 0 bridgehead atoms. The Morgan fingerprint density at radius 1 is 0.523 bits per heavy atom. The second kappa shape index (κ2) is 29.9. The van der Waals surface area contributed by atoms with Crippen LogP contribution in [0.5, 0.6) is 0 Å². The SMILES string of the molecule is CC(C)(C)[Si](C)(C)O[C@@H]1[C@@H](OC(=O)c2ccccc2)[C@H](O[C@H]2[C@H](OC(=O)c3ccccc3)[C@@H](OC(=O)c3ccccc3)[C@H](OCCN(Cc3ccccc3)C(=O)OCc3ccccc3)O[C@@H]2COCc2ccccc2)O[C@@H]2CO[C@@H](c3ccccc3)O[C@@H]12. The van der Waals surface area contributed by atoms with Gasteiger partial charge in [0.05, 0.1) is 43.1 Å². The Kier molecular flexibility index (Phi) is 21.4. The lowest BCUT2D eigenvalue weighted by atomic mass is 9.95. The molecule has 17 nitrogen and oxygen atoms in total. The number of esters is 3. The molecule has 7 aromatic carbocycles. The molecular weight excluding hydrogens is 1140 g/mol. The zero-order valence-electron chi connectivity index (χ0n) is 50.0. The van der Waals surface area contributed by atoms with Crippen LogP contribution in [0.25, 0.3) is 0 Å². The zero-order valence-corrected chi connectivity index (χ0v) is 51.0. The maximum Gasteiger partial charge on any atom is 0.410 e. The number of amides is 1. The Hall–Kier alpha value is -7.88. The Labute approximate surface area is 514 Å². The summed E-state index contributed by atoms with van der Waals surface area (Å²) < 4.78 is 80.9. The molecule has 3 aliphatic rings. The van der Waals surface area contributed by atoms with Gasteiger partial charge in [-0.1, -0.05) is 197 Å². The normalized spacial score (nSPS) is 23.6. The number of carbonyl (C=O) groups excluding carboxylic acids is 4. The zero-order chi connectivity index (χ0) is 61.5. The minimum absolute atomic E-state index is 0.00762. The number of carbonyl (C=O) groups is 4. The van der Waals surface area contributed by atoms with Crippen molar-refractivity contribution < 1.29 is 75.7 Å². The second-order valence-electron chi connectivity index (χ2n) is 23.2. The monoisotopic (exact) mass is 1210 g/mol. The van der Waals surface area contributed by atoms with Crippen molar-refractivity contribution in [3.63, 3.8) is 0 Å². The highest BCUT2D eigenvalue weighted by atomic mass is 28.4. The van der Waals surface area contributed by atoms with Crippen LogP contribution in [0.15, 0.2) is 212 Å². The first kappa shape index (κ1) is 63.1. The average Bonchev–Trinajstić information content (AvgIpc) is 1.68. The lowest BCUT2D eigenvalue weighted by molar-refractivity contribution is -0.383. The molecule has 0 saturated carbocycles. The predicted octanol–water partition coefficient (Wildman–Crippen LogP) is 12.1. The quantitative estimate of drug-likeness (QED) is 0.0335. The maximum absolute atomic E-state index is 14.8. The number of nitrogens with zero attached hydrogens (tertiary/aromatic N) is 1. The van der Waals surface area contributed by atoms with E-state index in [-0.39, 0.29) is 67.9 Å². The molecule has 0 aliphatic carbocycles. The van der Waals surface area contributed by atoms with Crippen LogP contribution >= 0.6 is 0 Å². The van der Waals surface area contributed by atoms with Gasteiger partial charge in [-0.25, -0.2) is 19.2 Å². The lowest BCUT2D eigenvalue weighted by Gasteiger charge is -2.53. The Morgan fingerprint density at radius 2 is 0.989 bits per heavy atom. The molecular formula is C70H75NO16Si. The molecule has 0 aromatic heterocycles.